The van der Waals surface area contributed by atoms with Crippen LogP contribution in [-0.2, 0) is 9.59 Å². The summed E-state index contributed by atoms with van der Waals surface area (Å²) in [6, 6.07) is -0.718. The quantitative estimate of drug-likeness (QED) is 0.488. The molecule has 7 nitrogen and oxygen atoms in total. The van der Waals surface area contributed by atoms with Gasteiger partial charge < -0.3 is 21.5 Å². The Bertz CT molecular complexity index is 286. The van der Waals surface area contributed by atoms with Gasteiger partial charge in [0, 0.05) is 0 Å². The van der Waals surface area contributed by atoms with E-state index < -0.39 is 23.4 Å². The second kappa shape index (κ2) is 5.94. The van der Waals surface area contributed by atoms with E-state index in [0.29, 0.717) is 0 Å². The molecule has 0 aromatic carbocycles. The van der Waals surface area contributed by atoms with Crippen LogP contribution in [0.3, 0.4) is 0 Å². The molecule has 0 bridgehead atoms. The Morgan fingerprint density at radius 2 is 1.75 bits per heavy atom. The van der Waals surface area contributed by atoms with Crippen LogP contribution in [0.5, 0.6) is 0 Å². The van der Waals surface area contributed by atoms with Gasteiger partial charge in [-0.15, -0.1) is 0 Å². The molecular formula is C9H17N3O4. The van der Waals surface area contributed by atoms with Crippen LogP contribution in [-0.4, -0.2) is 35.1 Å². The van der Waals surface area contributed by atoms with Gasteiger partial charge in [0.05, 0.1) is 6.54 Å². The van der Waals surface area contributed by atoms with Crippen LogP contribution in [0.15, 0.2) is 0 Å². The van der Waals surface area contributed by atoms with E-state index in [9.17, 15) is 14.4 Å². The molecule has 0 saturated heterocycles. The Morgan fingerprint density at radius 1 is 1.25 bits per heavy atom. The predicted octanol–water partition coefficient (Wildman–Crippen LogP) is -0.586. The molecule has 0 aliphatic carbocycles. The van der Waals surface area contributed by atoms with E-state index in [1.54, 1.807) is 13.8 Å². The van der Waals surface area contributed by atoms with Gasteiger partial charge in [-0.3, -0.25) is 4.79 Å². The van der Waals surface area contributed by atoms with Gasteiger partial charge in [0.1, 0.15) is 5.54 Å². The maximum Gasteiger partial charge on any atom is 0.329 e. The molecule has 0 aliphatic rings. The fraction of sp³-hybridized carbons (Fsp3) is 0.667. The monoisotopic (exact) mass is 231 g/mol. The molecule has 0 radical (unpaired) electrons. The highest BCUT2D eigenvalue weighted by molar-refractivity contribution is 5.88. The van der Waals surface area contributed by atoms with Crippen molar-refractivity contribution in [3.8, 4) is 0 Å². The zero-order valence-corrected chi connectivity index (χ0v) is 9.37. The normalized spacial score (nSPS) is 10.6. The standard InChI is InChI=1S/C9H17N3O4/c1-3-9(4-2,7(14)15)12-8(16)11-5-6(10)13/h3-5H2,1-2H3,(H2,10,13)(H,14,15)(H2,11,12,16). The number of carboxylic acid groups (broad SMARTS) is 1. The first-order chi connectivity index (χ1) is 7.38. The molecule has 5 N–H and O–H groups in total. The Kier molecular flexibility index (Phi) is 5.27. The molecular weight excluding hydrogens is 214 g/mol. The first kappa shape index (κ1) is 14.2. The fourth-order valence-corrected chi connectivity index (χ4v) is 1.21. The summed E-state index contributed by atoms with van der Waals surface area (Å²) in [5.41, 5.74) is 3.53. The highest BCUT2D eigenvalue weighted by Crippen LogP contribution is 2.14. The number of nitrogens with one attached hydrogen (secondary N) is 2. The van der Waals surface area contributed by atoms with Gasteiger partial charge in [-0.05, 0) is 12.8 Å². The van der Waals surface area contributed by atoms with Crippen LogP contribution >= 0.6 is 0 Å². The van der Waals surface area contributed by atoms with E-state index in [1.807, 2.05) is 0 Å². The van der Waals surface area contributed by atoms with E-state index >= 15 is 0 Å². The van der Waals surface area contributed by atoms with Crippen molar-refractivity contribution >= 4 is 17.9 Å². The van der Waals surface area contributed by atoms with E-state index in [-0.39, 0.29) is 19.4 Å². The van der Waals surface area contributed by atoms with Crippen molar-refractivity contribution in [1.29, 1.82) is 0 Å². The molecule has 0 aromatic rings. The van der Waals surface area contributed by atoms with Gasteiger partial charge in [0.15, 0.2) is 0 Å². The molecule has 0 aliphatic heterocycles. The smallest absolute Gasteiger partial charge is 0.329 e. The van der Waals surface area contributed by atoms with Gasteiger partial charge in [0.25, 0.3) is 0 Å². The third kappa shape index (κ3) is 3.76. The minimum atomic E-state index is -1.30. The maximum absolute atomic E-state index is 11.3. The molecule has 0 spiro atoms. The maximum atomic E-state index is 11.3. The third-order valence-electron chi connectivity index (χ3n) is 2.39. The number of primary amides is 1. The second-order valence-electron chi connectivity index (χ2n) is 3.37. The summed E-state index contributed by atoms with van der Waals surface area (Å²) < 4.78 is 0. The first-order valence-electron chi connectivity index (χ1n) is 4.95. The zero-order chi connectivity index (χ0) is 12.8. The minimum Gasteiger partial charge on any atom is -0.480 e. The predicted molar refractivity (Wildman–Crippen MR) is 56.7 cm³/mol. The number of hydrogen-bond acceptors (Lipinski definition) is 3. The number of carbonyl (C=O) groups excluding carboxylic acids is 2. The lowest BCUT2D eigenvalue weighted by Crippen LogP contribution is -2.57. The number of aliphatic carboxylic acids is 1. The Balaban J connectivity index is 4.46. The largest absolute Gasteiger partial charge is 0.480 e. The van der Waals surface area contributed by atoms with Crippen LogP contribution in [0.4, 0.5) is 4.79 Å². The number of urea groups is 1. The van der Waals surface area contributed by atoms with Crippen LogP contribution in [0.25, 0.3) is 0 Å². The van der Waals surface area contributed by atoms with Crippen molar-refractivity contribution in [1.82, 2.24) is 10.6 Å². The van der Waals surface area contributed by atoms with Crippen LogP contribution in [0, 0.1) is 0 Å². The second-order valence-corrected chi connectivity index (χ2v) is 3.37. The van der Waals surface area contributed by atoms with E-state index in [1.165, 1.54) is 0 Å². The minimum absolute atomic E-state index is 0.253. The average Bonchev–Trinajstić information content (AvgIpc) is 2.22. The van der Waals surface area contributed by atoms with Gasteiger partial charge in [-0.1, -0.05) is 13.8 Å². The molecule has 16 heavy (non-hydrogen) atoms. The summed E-state index contributed by atoms with van der Waals surface area (Å²) >= 11 is 0. The highest BCUT2D eigenvalue weighted by Gasteiger charge is 2.36. The van der Waals surface area contributed by atoms with Crippen molar-refractivity contribution in [2.45, 2.75) is 32.2 Å². The van der Waals surface area contributed by atoms with E-state index in [4.69, 9.17) is 10.8 Å². The van der Waals surface area contributed by atoms with Crippen molar-refractivity contribution in [3.63, 3.8) is 0 Å². The van der Waals surface area contributed by atoms with Crippen LogP contribution in [0.1, 0.15) is 26.7 Å². The van der Waals surface area contributed by atoms with Crippen molar-refractivity contribution < 1.29 is 19.5 Å². The Hall–Kier alpha value is -1.79. The summed E-state index contributed by atoms with van der Waals surface area (Å²) in [6.45, 7) is 2.99. The Labute approximate surface area is 93.4 Å². The van der Waals surface area contributed by atoms with Crippen LogP contribution in [0.2, 0.25) is 0 Å². The lowest BCUT2D eigenvalue weighted by molar-refractivity contribution is -0.144. The van der Waals surface area contributed by atoms with E-state index in [0.717, 1.165) is 0 Å². The number of carboxylic acids is 1. The molecule has 0 fully saturated rings. The first-order valence-corrected chi connectivity index (χ1v) is 4.95. The lowest BCUT2D eigenvalue weighted by Gasteiger charge is -2.27. The molecule has 0 heterocycles. The van der Waals surface area contributed by atoms with Gasteiger partial charge in [-0.2, -0.15) is 0 Å². The third-order valence-corrected chi connectivity index (χ3v) is 2.39. The molecule has 0 saturated carbocycles. The average molecular weight is 231 g/mol. The zero-order valence-electron chi connectivity index (χ0n) is 9.37. The van der Waals surface area contributed by atoms with Gasteiger partial charge in [-0.25, -0.2) is 9.59 Å². The summed E-state index contributed by atoms with van der Waals surface area (Å²) in [5, 5.41) is 13.5. The molecule has 0 unspecified atom stereocenters. The summed E-state index contributed by atoms with van der Waals surface area (Å²) in [6.07, 6.45) is 0.506. The topological polar surface area (TPSA) is 122 Å². The SMILES string of the molecule is CCC(CC)(NC(=O)NCC(N)=O)C(=O)O. The van der Waals surface area contributed by atoms with Gasteiger partial charge >= 0.3 is 12.0 Å². The van der Waals surface area contributed by atoms with Gasteiger partial charge in [0.2, 0.25) is 5.91 Å². The number of hydrogen-bond donors (Lipinski definition) is 4. The molecule has 7 heteroatoms. The van der Waals surface area contributed by atoms with Crippen molar-refractivity contribution in [3.05, 3.63) is 0 Å². The molecule has 92 valence electrons. The lowest BCUT2D eigenvalue weighted by atomic mass is 9.93. The molecule has 0 rings (SSSR count). The van der Waals surface area contributed by atoms with Crippen molar-refractivity contribution in [2.75, 3.05) is 6.54 Å². The highest BCUT2D eigenvalue weighted by atomic mass is 16.4. The summed E-state index contributed by atoms with van der Waals surface area (Å²) in [7, 11) is 0. The molecule has 0 atom stereocenters. The molecule has 3 amide bonds. The number of carbonyl (C=O) groups is 3. The fourth-order valence-electron chi connectivity index (χ4n) is 1.21. The number of rotatable bonds is 6. The Morgan fingerprint density at radius 3 is 2.06 bits per heavy atom. The number of nitrogens with two attached hydrogens (primary N) is 1. The summed E-state index contributed by atoms with van der Waals surface area (Å²) in [4.78, 5) is 32.7. The van der Waals surface area contributed by atoms with E-state index in [2.05, 4.69) is 10.6 Å². The van der Waals surface area contributed by atoms with Crippen LogP contribution < -0.4 is 16.4 Å². The van der Waals surface area contributed by atoms with Crippen molar-refractivity contribution in [2.24, 2.45) is 5.73 Å². The number of amides is 3. The summed E-state index contributed by atoms with van der Waals surface area (Å²) in [5.74, 6) is -1.80. The molecule has 0 aromatic heterocycles.